The maximum atomic E-state index is 12.3. The molecule has 1 fully saturated rings. The maximum absolute atomic E-state index is 12.3. The van der Waals surface area contributed by atoms with E-state index < -0.39 is 37.2 Å². The summed E-state index contributed by atoms with van der Waals surface area (Å²) in [6.45, 7) is -0.469. The van der Waals surface area contributed by atoms with Crippen LogP contribution >= 0.6 is 0 Å². The number of phenolic OH excluding ortho intramolecular Hbond substituents is 5. The topological polar surface area (TPSA) is 216 Å². The third kappa shape index (κ3) is 6.43. The summed E-state index contributed by atoms with van der Waals surface area (Å²) in [5, 5.41) is 71.3. The average Bonchev–Trinajstić information content (AvgIpc) is 3.28. The lowest BCUT2D eigenvalue weighted by Gasteiger charge is -2.17. The number of carbonyl (C=O) groups excluding carboxylic acids is 1. The van der Waals surface area contributed by atoms with E-state index in [4.69, 9.17) is 28.1 Å². The molecule has 5 rings (SSSR count). The van der Waals surface area contributed by atoms with E-state index in [9.17, 15) is 40.5 Å². The van der Waals surface area contributed by atoms with Gasteiger partial charge in [-0.25, -0.2) is 9.21 Å². The standard InChI is InChI=1S/C31H28O14/c1-40-22-8-15(9-23(41-2)27(22)37)30-24(12-17-19(34)10-16(32)11-21(17)43-30)44-31-29(39)28(38)25(45-31)13-42-26(36)6-4-14-3-5-18(33)20(35)7-14/h3-12,25,28-29,31,38-39H,13H2,1-2H3,(H4-,32,33,34,35,36,37)/p+1. The van der Waals surface area contributed by atoms with Crippen molar-refractivity contribution in [3.05, 3.63) is 60.2 Å². The molecular formula is C31H29O14+. The molecule has 14 heteroatoms. The van der Waals surface area contributed by atoms with Crippen molar-refractivity contribution < 1.29 is 68.6 Å². The Kier molecular flexibility index (Phi) is 8.72. The van der Waals surface area contributed by atoms with E-state index in [2.05, 4.69) is 0 Å². The van der Waals surface area contributed by atoms with Crippen molar-refractivity contribution in [3.8, 4) is 57.3 Å². The van der Waals surface area contributed by atoms with Crippen LogP contribution in [-0.2, 0) is 14.3 Å². The first-order valence-corrected chi connectivity index (χ1v) is 13.3. The molecule has 2 heterocycles. The molecule has 1 aliphatic heterocycles. The number of aliphatic hydroxyl groups excluding tert-OH is 2. The second-order valence-electron chi connectivity index (χ2n) is 9.90. The van der Waals surface area contributed by atoms with Crippen molar-refractivity contribution in [3.63, 3.8) is 0 Å². The van der Waals surface area contributed by atoms with Crippen LogP contribution in [0.25, 0.3) is 28.4 Å². The maximum Gasteiger partial charge on any atom is 0.402 e. The first-order chi connectivity index (χ1) is 21.5. The highest BCUT2D eigenvalue weighted by Gasteiger charge is 2.46. The van der Waals surface area contributed by atoms with Crippen LogP contribution in [0.4, 0.5) is 0 Å². The summed E-state index contributed by atoms with van der Waals surface area (Å²) in [7, 11) is 2.66. The zero-order valence-electron chi connectivity index (χ0n) is 23.8. The Morgan fingerprint density at radius 2 is 1.58 bits per heavy atom. The number of methoxy groups -OCH3 is 2. The number of phenols is 5. The molecule has 4 unspecified atom stereocenters. The largest absolute Gasteiger partial charge is 0.507 e. The van der Waals surface area contributed by atoms with Gasteiger partial charge in [0.1, 0.15) is 41.8 Å². The quantitative estimate of drug-likeness (QED) is 0.0616. The van der Waals surface area contributed by atoms with Gasteiger partial charge in [0.05, 0.1) is 25.8 Å². The van der Waals surface area contributed by atoms with Crippen molar-refractivity contribution in [2.75, 3.05) is 20.8 Å². The van der Waals surface area contributed by atoms with Crippen molar-refractivity contribution in [1.29, 1.82) is 0 Å². The first-order valence-electron chi connectivity index (χ1n) is 13.3. The van der Waals surface area contributed by atoms with Crippen molar-refractivity contribution in [1.82, 2.24) is 0 Å². The van der Waals surface area contributed by atoms with E-state index in [0.717, 1.165) is 12.1 Å². The number of hydrogen-bond donors (Lipinski definition) is 7. The molecule has 4 atom stereocenters. The van der Waals surface area contributed by atoms with Crippen LogP contribution in [0.3, 0.4) is 0 Å². The van der Waals surface area contributed by atoms with Crippen LogP contribution in [-0.4, -0.2) is 87.1 Å². The number of carbonyl (C=O) groups is 1. The molecule has 45 heavy (non-hydrogen) atoms. The van der Waals surface area contributed by atoms with Gasteiger partial charge in [-0.2, -0.15) is 0 Å². The molecule has 0 aliphatic carbocycles. The number of esters is 1. The van der Waals surface area contributed by atoms with E-state index in [-0.39, 0.29) is 68.3 Å². The van der Waals surface area contributed by atoms with Gasteiger partial charge in [-0.05, 0) is 23.8 Å². The van der Waals surface area contributed by atoms with Gasteiger partial charge in [0, 0.05) is 30.3 Å². The second kappa shape index (κ2) is 12.7. The van der Waals surface area contributed by atoms with Crippen LogP contribution in [0, 0.1) is 0 Å². The molecule has 3 aromatic carbocycles. The monoisotopic (exact) mass is 625 g/mol. The summed E-state index contributed by atoms with van der Waals surface area (Å²) in [5.41, 5.74) is 0.715. The zero-order chi connectivity index (χ0) is 32.4. The highest BCUT2D eigenvalue weighted by molar-refractivity contribution is 5.89. The number of fused-ring (bicyclic) bond motifs is 1. The number of aromatic hydroxyl groups is 5. The van der Waals surface area contributed by atoms with Crippen LogP contribution in [0.1, 0.15) is 5.56 Å². The molecule has 1 saturated heterocycles. The number of rotatable bonds is 9. The molecule has 0 saturated carbocycles. The van der Waals surface area contributed by atoms with Gasteiger partial charge >= 0.3 is 17.3 Å². The summed E-state index contributed by atoms with van der Waals surface area (Å²) in [5.74, 6) is -2.48. The molecule has 14 nitrogen and oxygen atoms in total. The fourth-order valence-corrected chi connectivity index (χ4v) is 4.59. The average molecular weight is 626 g/mol. The molecule has 4 aromatic rings. The minimum absolute atomic E-state index is 0.0188. The fraction of sp³-hybridized carbons (Fsp3) is 0.226. The Balaban J connectivity index is 1.39. The predicted octanol–water partition coefficient (Wildman–Crippen LogP) is 3.01. The third-order valence-electron chi connectivity index (χ3n) is 6.92. The molecular weight excluding hydrogens is 596 g/mol. The van der Waals surface area contributed by atoms with E-state index >= 15 is 0 Å². The lowest BCUT2D eigenvalue weighted by atomic mass is 10.1. The summed E-state index contributed by atoms with van der Waals surface area (Å²) >= 11 is 0. The highest BCUT2D eigenvalue weighted by atomic mass is 16.7. The minimum Gasteiger partial charge on any atom is -0.507 e. The van der Waals surface area contributed by atoms with Crippen LogP contribution in [0.2, 0.25) is 0 Å². The predicted molar refractivity (Wildman–Crippen MR) is 155 cm³/mol. The van der Waals surface area contributed by atoms with Gasteiger partial charge in [0.25, 0.3) is 0 Å². The summed E-state index contributed by atoms with van der Waals surface area (Å²) < 4.78 is 33.2. The summed E-state index contributed by atoms with van der Waals surface area (Å²) in [6, 6.07) is 10.5. The van der Waals surface area contributed by atoms with Crippen LogP contribution < -0.4 is 14.2 Å². The first kappa shape index (κ1) is 31.0. The third-order valence-corrected chi connectivity index (χ3v) is 6.92. The van der Waals surface area contributed by atoms with Gasteiger partial charge in [-0.1, -0.05) is 6.07 Å². The number of ether oxygens (including phenoxy) is 5. The van der Waals surface area contributed by atoms with E-state index in [0.29, 0.717) is 5.56 Å². The Morgan fingerprint density at radius 1 is 0.867 bits per heavy atom. The molecule has 1 aliphatic rings. The van der Waals surface area contributed by atoms with Gasteiger partial charge in [-0.15, -0.1) is 0 Å². The number of aliphatic hydroxyl groups is 2. The minimum atomic E-state index is -1.62. The number of hydrogen-bond acceptors (Lipinski definition) is 13. The Bertz CT molecular complexity index is 1740. The second-order valence-corrected chi connectivity index (χ2v) is 9.90. The van der Waals surface area contributed by atoms with Crippen molar-refractivity contribution in [2.45, 2.75) is 24.6 Å². The molecule has 0 bridgehead atoms. The number of benzene rings is 3. The Hall–Kier alpha value is -5.44. The SMILES string of the molecule is COc1cc(-c2[o+]c3cc(O)cc(O)c3cc2OC2OC(COC(=O)/C=C/c3ccc(O)c(O)c3)C(O)C2O)cc(OC)c1O. The van der Waals surface area contributed by atoms with Gasteiger partial charge in [0.2, 0.25) is 17.8 Å². The van der Waals surface area contributed by atoms with Gasteiger partial charge < -0.3 is 59.4 Å². The summed E-state index contributed by atoms with van der Waals surface area (Å²) in [4.78, 5) is 12.3. The highest BCUT2D eigenvalue weighted by Crippen LogP contribution is 2.45. The van der Waals surface area contributed by atoms with Crippen molar-refractivity contribution >= 4 is 23.0 Å². The lowest BCUT2D eigenvalue weighted by Crippen LogP contribution is -2.36. The molecule has 7 N–H and O–H groups in total. The van der Waals surface area contributed by atoms with E-state index in [1.54, 1.807) is 0 Å². The Morgan fingerprint density at radius 3 is 2.24 bits per heavy atom. The van der Waals surface area contributed by atoms with Crippen LogP contribution in [0.5, 0.6) is 46.0 Å². The van der Waals surface area contributed by atoms with Gasteiger partial charge in [0.15, 0.2) is 23.0 Å². The van der Waals surface area contributed by atoms with Gasteiger partial charge in [-0.3, -0.25) is 0 Å². The zero-order valence-corrected chi connectivity index (χ0v) is 23.8. The van der Waals surface area contributed by atoms with Crippen LogP contribution in [0.15, 0.2) is 59.0 Å². The molecule has 0 radical (unpaired) electrons. The smallest absolute Gasteiger partial charge is 0.402 e. The molecule has 0 amide bonds. The van der Waals surface area contributed by atoms with Crippen molar-refractivity contribution in [2.24, 2.45) is 0 Å². The lowest BCUT2D eigenvalue weighted by molar-refractivity contribution is -0.149. The van der Waals surface area contributed by atoms with E-state index in [1.807, 2.05) is 0 Å². The van der Waals surface area contributed by atoms with E-state index in [1.165, 1.54) is 62.8 Å². The summed E-state index contributed by atoms with van der Waals surface area (Å²) in [6.07, 6.45) is -3.48. The fourth-order valence-electron chi connectivity index (χ4n) is 4.59. The molecule has 0 spiro atoms. The molecule has 236 valence electrons. The Labute approximate surface area is 254 Å². The molecule has 1 aromatic heterocycles. The normalized spacial score (nSPS) is 19.6.